The Balaban J connectivity index is 0.00000450. The van der Waals surface area contributed by atoms with Crippen molar-refractivity contribution in [3.8, 4) is 0 Å². The molecular formula is C13H18N8Na2O6S2. The Morgan fingerprint density at radius 2 is 1.29 bits per heavy atom. The van der Waals surface area contributed by atoms with Gasteiger partial charge in [-0.25, -0.2) is 16.8 Å². The van der Waals surface area contributed by atoms with E-state index in [1.165, 1.54) is 0 Å². The molecule has 0 fully saturated rings. The monoisotopic (exact) mass is 492 g/mol. The van der Waals surface area contributed by atoms with E-state index < -0.39 is 35.7 Å². The van der Waals surface area contributed by atoms with Gasteiger partial charge in [-0.3, -0.25) is 0 Å². The maximum atomic E-state index is 11.5. The van der Waals surface area contributed by atoms with Crippen LogP contribution >= 0.6 is 0 Å². The van der Waals surface area contributed by atoms with E-state index in [1.54, 1.807) is 0 Å². The van der Waals surface area contributed by atoms with Crippen LogP contribution in [-0.2, 0) is 20.2 Å². The number of nitrogens with one attached hydrogen (secondary N) is 3. The Kier molecular flexibility index (Phi) is 12.9. The third-order valence-electron chi connectivity index (χ3n) is 3.25. The van der Waals surface area contributed by atoms with Gasteiger partial charge in [0.2, 0.25) is 17.8 Å². The van der Waals surface area contributed by atoms with E-state index in [0.29, 0.717) is 31.3 Å². The molecule has 2 aromatic rings. The summed E-state index contributed by atoms with van der Waals surface area (Å²) in [6.07, 6.45) is 0. The summed E-state index contributed by atoms with van der Waals surface area (Å²) < 4.78 is 68.2. The van der Waals surface area contributed by atoms with Gasteiger partial charge in [-0.15, -0.1) is 0 Å². The predicted octanol–water partition coefficient (Wildman–Crippen LogP) is -7.83. The summed E-state index contributed by atoms with van der Waals surface area (Å²) in [7, 11) is -9.92. The van der Waals surface area contributed by atoms with E-state index in [2.05, 4.69) is 30.9 Å². The molecule has 0 saturated heterocycles. The van der Waals surface area contributed by atoms with Crippen LogP contribution in [0.15, 0.2) is 28.0 Å². The summed E-state index contributed by atoms with van der Waals surface area (Å²) in [6, 6.07) is 2.13. The first-order chi connectivity index (χ1) is 13.5. The minimum atomic E-state index is -5.01. The summed E-state index contributed by atoms with van der Waals surface area (Å²) in [6.45, 7) is 1.15. The first kappa shape index (κ1) is 30.4. The topological polar surface area (TPSA) is 241 Å². The summed E-state index contributed by atoms with van der Waals surface area (Å²) in [4.78, 5) is 10.5. The zero-order valence-corrected chi connectivity index (χ0v) is 22.5. The van der Waals surface area contributed by atoms with E-state index in [1.807, 2.05) is 0 Å². The third kappa shape index (κ3) is 9.40. The number of aromatic nitrogens is 3. The molecule has 0 bridgehead atoms. The van der Waals surface area contributed by atoms with Gasteiger partial charge in [0.25, 0.3) is 0 Å². The molecule has 0 aliphatic rings. The van der Waals surface area contributed by atoms with Crippen LogP contribution in [0.2, 0.25) is 0 Å². The number of nitrogens with two attached hydrogens (primary N) is 2. The van der Waals surface area contributed by atoms with Crippen molar-refractivity contribution in [2.75, 3.05) is 42.1 Å². The molecule has 1 aromatic heterocycles. The maximum absolute atomic E-state index is 11.5. The number of hydrogen-bond donors (Lipinski definition) is 5. The molecule has 18 heteroatoms. The zero-order valence-electron chi connectivity index (χ0n) is 16.8. The van der Waals surface area contributed by atoms with Crippen molar-refractivity contribution in [2.24, 2.45) is 11.5 Å². The first-order valence-corrected chi connectivity index (χ1v) is 10.8. The van der Waals surface area contributed by atoms with Gasteiger partial charge in [-0.05, 0) is 18.2 Å². The zero-order chi connectivity index (χ0) is 21.7. The van der Waals surface area contributed by atoms with Crippen molar-refractivity contribution in [1.82, 2.24) is 15.0 Å². The second kappa shape index (κ2) is 13.2. The van der Waals surface area contributed by atoms with Crippen LogP contribution in [0.1, 0.15) is 0 Å². The minimum absolute atomic E-state index is 0. The van der Waals surface area contributed by atoms with E-state index in [9.17, 15) is 25.9 Å². The summed E-state index contributed by atoms with van der Waals surface area (Å²) >= 11 is 0. The third-order valence-corrected chi connectivity index (χ3v) is 4.97. The fourth-order valence-electron chi connectivity index (χ4n) is 2.06. The Morgan fingerprint density at radius 3 is 1.71 bits per heavy atom. The van der Waals surface area contributed by atoms with Crippen LogP contribution in [0.5, 0.6) is 0 Å². The van der Waals surface area contributed by atoms with Gasteiger partial charge in [0.1, 0.15) is 20.2 Å². The van der Waals surface area contributed by atoms with Gasteiger partial charge < -0.3 is 36.5 Å². The van der Waals surface area contributed by atoms with Crippen LogP contribution in [0.4, 0.5) is 23.5 Å². The Labute approximate surface area is 223 Å². The molecule has 14 nitrogen and oxygen atoms in total. The Bertz CT molecular complexity index is 1060. The van der Waals surface area contributed by atoms with Crippen LogP contribution in [0.25, 0.3) is 0 Å². The molecule has 0 atom stereocenters. The minimum Gasteiger partial charge on any atom is -0.744 e. The quantitative estimate of drug-likeness (QED) is 0.153. The molecule has 7 N–H and O–H groups in total. The molecule has 1 heterocycles. The molecule has 0 amide bonds. The molecular weight excluding hydrogens is 474 g/mol. The maximum Gasteiger partial charge on any atom is 1.00 e. The van der Waals surface area contributed by atoms with Crippen LogP contribution in [0, 0.1) is 0 Å². The number of rotatable bonds is 10. The number of benzene rings is 1. The van der Waals surface area contributed by atoms with Crippen molar-refractivity contribution >= 4 is 43.8 Å². The van der Waals surface area contributed by atoms with Gasteiger partial charge in [0, 0.05) is 26.2 Å². The molecule has 160 valence electrons. The van der Waals surface area contributed by atoms with E-state index >= 15 is 0 Å². The number of anilines is 4. The Morgan fingerprint density at radius 1 is 0.806 bits per heavy atom. The Hall–Kier alpha value is -0.630. The SMILES string of the molecule is NCCNc1nc(NCCN)nc(Nc2cc(S(=O)(=O)[O-])ccc2S(=O)(=O)[O-])n1.[Na+].[Na+]. The standard InChI is InChI=1S/C13H20N8O6S2.2Na/c14-3-5-16-11-19-12(17-6-4-15)21-13(20-11)18-9-7-8(28(22,23)24)1-2-10(9)29(25,26)27;;/h1-2,7H,3-6,14-15H2,(H,22,23,24)(H,25,26,27)(H3,16,17,18,19,20,21);;/q;2*+1/p-2. The number of hydrogen-bond acceptors (Lipinski definition) is 14. The normalized spacial score (nSPS) is 11.1. The number of nitrogens with zero attached hydrogens (tertiary/aromatic N) is 3. The average Bonchev–Trinajstić information content (AvgIpc) is 2.63. The van der Waals surface area contributed by atoms with E-state index in [0.717, 1.165) is 0 Å². The van der Waals surface area contributed by atoms with Crippen LogP contribution in [0.3, 0.4) is 0 Å². The van der Waals surface area contributed by atoms with Gasteiger partial charge in [0.15, 0.2) is 0 Å². The van der Waals surface area contributed by atoms with Crippen molar-refractivity contribution in [1.29, 1.82) is 0 Å². The smallest absolute Gasteiger partial charge is 0.744 e. The second-order valence-corrected chi connectivity index (χ2v) is 8.16. The molecule has 0 aliphatic heterocycles. The van der Waals surface area contributed by atoms with Crippen molar-refractivity contribution in [3.63, 3.8) is 0 Å². The van der Waals surface area contributed by atoms with Gasteiger partial charge in [-0.2, -0.15) is 15.0 Å². The molecule has 0 unspecified atom stereocenters. The van der Waals surface area contributed by atoms with E-state index in [-0.39, 0.29) is 90.0 Å². The average molecular weight is 492 g/mol. The summed E-state index contributed by atoms with van der Waals surface area (Å²) in [5.74, 6) is -0.109. The molecule has 0 radical (unpaired) electrons. The van der Waals surface area contributed by atoms with Gasteiger partial charge in [0.05, 0.1) is 15.5 Å². The second-order valence-electron chi connectivity index (χ2n) is 5.43. The molecule has 0 saturated carbocycles. The fraction of sp³-hybridized carbons (Fsp3) is 0.308. The molecule has 2 rings (SSSR count). The van der Waals surface area contributed by atoms with Crippen molar-refractivity contribution in [3.05, 3.63) is 18.2 Å². The molecule has 0 spiro atoms. The van der Waals surface area contributed by atoms with E-state index in [4.69, 9.17) is 11.5 Å². The summed E-state index contributed by atoms with van der Waals surface area (Å²) in [5.41, 5.74) is 10.3. The van der Waals surface area contributed by atoms with Gasteiger partial charge >= 0.3 is 59.1 Å². The van der Waals surface area contributed by atoms with Gasteiger partial charge in [-0.1, -0.05) is 0 Å². The van der Waals surface area contributed by atoms with Crippen molar-refractivity contribution < 1.29 is 85.1 Å². The largest absolute Gasteiger partial charge is 1.00 e. The van der Waals surface area contributed by atoms with Crippen molar-refractivity contribution in [2.45, 2.75) is 9.79 Å². The summed E-state index contributed by atoms with van der Waals surface area (Å²) in [5, 5.41) is 8.02. The van der Waals surface area contributed by atoms with Crippen LogP contribution in [-0.4, -0.2) is 67.1 Å². The molecule has 31 heavy (non-hydrogen) atoms. The first-order valence-electron chi connectivity index (χ1n) is 8.01. The fourth-order valence-corrected chi connectivity index (χ4v) is 3.17. The molecule has 0 aliphatic carbocycles. The molecule has 1 aromatic carbocycles. The predicted molar refractivity (Wildman–Crippen MR) is 101 cm³/mol. The van der Waals surface area contributed by atoms with Crippen LogP contribution < -0.4 is 86.5 Å².